The first-order chi connectivity index (χ1) is 12.1. The summed E-state index contributed by atoms with van der Waals surface area (Å²) in [6, 6.07) is 8.72. The van der Waals surface area contributed by atoms with Crippen LogP contribution in [0.5, 0.6) is 11.5 Å². The Morgan fingerprint density at radius 2 is 1.80 bits per heavy atom. The zero-order valence-electron chi connectivity index (χ0n) is 14.1. The van der Waals surface area contributed by atoms with E-state index in [0.29, 0.717) is 24.7 Å². The first kappa shape index (κ1) is 17.2. The monoisotopic (exact) mass is 347 g/mol. The second-order valence-corrected chi connectivity index (χ2v) is 5.42. The van der Waals surface area contributed by atoms with Gasteiger partial charge in [0.1, 0.15) is 41.3 Å². The normalized spacial score (nSPS) is 16.3. The molecule has 6 heteroatoms. The quantitative estimate of drug-likeness (QED) is 0.783. The molecule has 2 aromatic carbocycles. The van der Waals surface area contributed by atoms with Crippen LogP contribution in [0.4, 0.5) is 8.78 Å². The second-order valence-electron chi connectivity index (χ2n) is 5.42. The lowest BCUT2D eigenvalue weighted by Crippen LogP contribution is -2.07. The van der Waals surface area contributed by atoms with E-state index < -0.39 is 17.7 Å². The van der Waals surface area contributed by atoms with Gasteiger partial charge in [0.2, 0.25) is 5.90 Å². The molecule has 1 aliphatic rings. The van der Waals surface area contributed by atoms with Crippen molar-refractivity contribution in [3.63, 3.8) is 0 Å². The summed E-state index contributed by atoms with van der Waals surface area (Å²) in [5.41, 5.74) is 0.547. The highest BCUT2D eigenvalue weighted by atomic mass is 19.1. The highest BCUT2D eigenvalue weighted by Crippen LogP contribution is 2.35. The fraction of sp³-hybridized carbons (Fsp3) is 0.316. The molecule has 0 saturated carbocycles. The van der Waals surface area contributed by atoms with Crippen LogP contribution in [-0.2, 0) is 4.74 Å². The first-order valence-corrected chi connectivity index (χ1v) is 8.18. The molecule has 1 aliphatic heterocycles. The minimum Gasteiger partial charge on any atom is -0.494 e. The summed E-state index contributed by atoms with van der Waals surface area (Å²) in [6.45, 7) is 5.00. The number of halogens is 2. The number of hydrogen-bond donors (Lipinski definition) is 0. The van der Waals surface area contributed by atoms with Gasteiger partial charge in [0.25, 0.3) is 0 Å². The van der Waals surface area contributed by atoms with Crippen LogP contribution in [0, 0.1) is 11.6 Å². The highest BCUT2D eigenvalue weighted by molar-refractivity contribution is 5.95. The molecule has 4 nitrogen and oxygen atoms in total. The third-order valence-electron chi connectivity index (χ3n) is 3.78. The predicted molar refractivity (Wildman–Crippen MR) is 90.4 cm³/mol. The Balaban J connectivity index is 1.94. The topological polar surface area (TPSA) is 40.0 Å². The van der Waals surface area contributed by atoms with Gasteiger partial charge in [-0.2, -0.15) is 0 Å². The number of ether oxygens (including phenoxy) is 3. The molecule has 25 heavy (non-hydrogen) atoms. The van der Waals surface area contributed by atoms with E-state index in [0.717, 1.165) is 5.56 Å². The molecule has 0 saturated heterocycles. The first-order valence-electron chi connectivity index (χ1n) is 8.18. The molecule has 1 heterocycles. The van der Waals surface area contributed by atoms with Crippen LogP contribution in [0.1, 0.15) is 31.0 Å². The van der Waals surface area contributed by atoms with E-state index in [-0.39, 0.29) is 18.1 Å². The Morgan fingerprint density at radius 3 is 2.48 bits per heavy atom. The average molecular weight is 347 g/mol. The smallest absolute Gasteiger partial charge is 0.222 e. The minimum atomic E-state index is -0.698. The molecule has 0 aliphatic carbocycles. The zero-order valence-corrected chi connectivity index (χ0v) is 14.1. The standard InChI is InChI=1S/C19H19F2NO3/c1-3-23-12-8-9-13(17(10-12)24-4-2)16-11-25-19(22-16)18-14(20)6-5-7-15(18)21/h5-10,16H,3-4,11H2,1-2H3. The van der Waals surface area contributed by atoms with E-state index in [2.05, 4.69) is 4.99 Å². The molecule has 1 atom stereocenters. The summed E-state index contributed by atoms with van der Waals surface area (Å²) in [5.74, 6) is -0.108. The van der Waals surface area contributed by atoms with Crippen molar-refractivity contribution in [2.24, 2.45) is 4.99 Å². The van der Waals surface area contributed by atoms with Crippen LogP contribution in [0.25, 0.3) is 0 Å². The van der Waals surface area contributed by atoms with Gasteiger partial charge in [-0.1, -0.05) is 6.07 Å². The summed E-state index contributed by atoms with van der Waals surface area (Å²) in [4.78, 5) is 4.36. The van der Waals surface area contributed by atoms with Crippen LogP contribution >= 0.6 is 0 Å². The maximum atomic E-state index is 13.9. The third kappa shape index (κ3) is 3.57. The van der Waals surface area contributed by atoms with Crippen molar-refractivity contribution >= 4 is 5.90 Å². The van der Waals surface area contributed by atoms with Gasteiger partial charge in [0, 0.05) is 11.6 Å². The Hall–Kier alpha value is -2.63. The lowest BCUT2D eigenvalue weighted by molar-refractivity contribution is 0.301. The predicted octanol–water partition coefficient (Wildman–Crippen LogP) is 4.28. The van der Waals surface area contributed by atoms with E-state index in [1.165, 1.54) is 18.2 Å². The lowest BCUT2D eigenvalue weighted by Gasteiger charge is -2.14. The fourth-order valence-electron chi connectivity index (χ4n) is 2.70. The Morgan fingerprint density at radius 1 is 1.08 bits per heavy atom. The van der Waals surface area contributed by atoms with E-state index in [1.807, 2.05) is 26.0 Å². The van der Waals surface area contributed by atoms with Crippen molar-refractivity contribution in [3.05, 3.63) is 59.2 Å². The summed E-state index contributed by atoms with van der Waals surface area (Å²) in [5, 5.41) is 0. The van der Waals surface area contributed by atoms with Crippen molar-refractivity contribution < 1.29 is 23.0 Å². The van der Waals surface area contributed by atoms with Gasteiger partial charge < -0.3 is 14.2 Å². The molecule has 0 aromatic heterocycles. The highest BCUT2D eigenvalue weighted by Gasteiger charge is 2.28. The molecule has 1 unspecified atom stereocenters. The van der Waals surface area contributed by atoms with Gasteiger partial charge in [-0.25, -0.2) is 13.8 Å². The van der Waals surface area contributed by atoms with Gasteiger partial charge in [0.05, 0.1) is 13.2 Å². The van der Waals surface area contributed by atoms with Crippen molar-refractivity contribution in [2.45, 2.75) is 19.9 Å². The van der Waals surface area contributed by atoms with E-state index in [4.69, 9.17) is 14.2 Å². The van der Waals surface area contributed by atoms with Crippen molar-refractivity contribution in [3.8, 4) is 11.5 Å². The molecule has 0 amide bonds. The van der Waals surface area contributed by atoms with E-state index in [9.17, 15) is 8.78 Å². The van der Waals surface area contributed by atoms with Gasteiger partial charge in [-0.05, 0) is 38.1 Å². The second kappa shape index (κ2) is 7.51. The number of benzene rings is 2. The number of aliphatic imine (C=N–C) groups is 1. The van der Waals surface area contributed by atoms with Gasteiger partial charge in [-0.3, -0.25) is 0 Å². The number of hydrogen-bond acceptors (Lipinski definition) is 4. The van der Waals surface area contributed by atoms with Crippen molar-refractivity contribution in [1.29, 1.82) is 0 Å². The summed E-state index contributed by atoms with van der Waals surface area (Å²) in [7, 11) is 0. The molecule has 2 aromatic rings. The summed E-state index contributed by atoms with van der Waals surface area (Å²) >= 11 is 0. The molecule has 132 valence electrons. The van der Waals surface area contributed by atoms with E-state index >= 15 is 0 Å². The van der Waals surface area contributed by atoms with Crippen LogP contribution in [0.15, 0.2) is 41.4 Å². The summed E-state index contributed by atoms with van der Waals surface area (Å²) < 4.78 is 44.5. The Bertz CT molecular complexity index is 772. The molecular formula is C19H19F2NO3. The molecule has 3 rings (SSSR count). The van der Waals surface area contributed by atoms with Gasteiger partial charge in [-0.15, -0.1) is 0 Å². The van der Waals surface area contributed by atoms with Crippen LogP contribution in [0.2, 0.25) is 0 Å². The minimum absolute atomic E-state index is 0.0306. The largest absolute Gasteiger partial charge is 0.494 e. The SMILES string of the molecule is CCOc1ccc(C2COC(c3c(F)cccc3F)=N2)c(OCC)c1. The zero-order chi connectivity index (χ0) is 17.8. The van der Waals surface area contributed by atoms with Crippen LogP contribution in [-0.4, -0.2) is 25.7 Å². The fourth-order valence-corrected chi connectivity index (χ4v) is 2.70. The molecule has 0 spiro atoms. The Labute approximate surface area is 145 Å². The van der Waals surface area contributed by atoms with Crippen LogP contribution < -0.4 is 9.47 Å². The van der Waals surface area contributed by atoms with Gasteiger partial charge in [0.15, 0.2) is 0 Å². The third-order valence-corrected chi connectivity index (χ3v) is 3.78. The van der Waals surface area contributed by atoms with Crippen LogP contribution in [0.3, 0.4) is 0 Å². The summed E-state index contributed by atoms with van der Waals surface area (Å²) in [6.07, 6.45) is 0. The lowest BCUT2D eigenvalue weighted by atomic mass is 10.1. The molecule has 0 fully saturated rings. The maximum absolute atomic E-state index is 13.9. The maximum Gasteiger partial charge on any atom is 0.222 e. The van der Waals surface area contributed by atoms with Crippen molar-refractivity contribution in [2.75, 3.05) is 19.8 Å². The molecule has 0 bridgehead atoms. The van der Waals surface area contributed by atoms with Crippen molar-refractivity contribution in [1.82, 2.24) is 0 Å². The number of rotatable bonds is 6. The molecule has 0 N–H and O–H groups in total. The average Bonchev–Trinajstić information content (AvgIpc) is 3.05. The molecule has 0 radical (unpaired) electrons. The Kier molecular flexibility index (Phi) is 5.16. The molecular weight excluding hydrogens is 328 g/mol. The number of nitrogens with zero attached hydrogens (tertiary/aromatic N) is 1. The van der Waals surface area contributed by atoms with Gasteiger partial charge >= 0.3 is 0 Å². The van der Waals surface area contributed by atoms with E-state index in [1.54, 1.807) is 6.07 Å².